The van der Waals surface area contributed by atoms with Crippen molar-refractivity contribution in [2.75, 3.05) is 4.90 Å². The molecule has 6 rings (SSSR count). The van der Waals surface area contributed by atoms with E-state index in [9.17, 15) is 14.4 Å². The van der Waals surface area contributed by atoms with Gasteiger partial charge in [-0.15, -0.1) is 0 Å². The molecule has 1 spiro atoms. The number of hydrogen-bond acceptors (Lipinski definition) is 4. The largest absolute Gasteiger partial charge is 0.352 e. The van der Waals surface area contributed by atoms with Gasteiger partial charge in [0, 0.05) is 32.8 Å². The number of hydrogen-bond donors (Lipinski definition) is 0. The normalized spacial score (nSPS) is 23.7. The van der Waals surface area contributed by atoms with E-state index in [0.717, 1.165) is 16.8 Å². The third-order valence-electron chi connectivity index (χ3n) is 7.41. The first-order valence-corrected chi connectivity index (χ1v) is 11.8. The highest BCUT2D eigenvalue weighted by Gasteiger charge is 2.71. The highest BCUT2D eigenvalue weighted by atomic mass is 35.5. The Morgan fingerprint density at radius 3 is 2.12 bits per heavy atom. The van der Waals surface area contributed by atoms with Gasteiger partial charge in [0.25, 0.3) is 0 Å². The Hall–Kier alpha value is -3.21. The number of Topliss-reactive ketones (excluding diaryl/α,β-unsaturated/α-hetero) is 3. The van der Waals surface area contributed by atoms with Crippen molar-refractivity contribution in [1.82, 2.24) is 0 Å². The van der Waals surface area contributed by atoms with Crippen LogP contribution in [0.3, 0.4) is 0 Å². The van der Waals surface area contributed by atoms with Crippen LogP contribution in [0.15, 0.2) is 72.8 Å². The average Bonchev–Trinajstić information content (AvgIpc) is 3.26. The summed E-state index contributed by atoms with van der Waals surface area (Å²) in [6.45, 7) is 1.52. The zero-order valence-corrected chi connectivity index (χ0v) is 19.7. The SMILES string of the molecule is CC(=O)[C@@H]1[C@@H](c2ccc(Cl)cc2)C2(C(=O)c3ccccc3C2=O)[C@@H]2C=Cc3cc(Cl)ccc3N12. The second-order valence-corrected chi connectivity index (χ2v) is 9.94. The molecule has 6 heteroatoms. The number of ketones is 3. The highest BCUT2D eigenvalue weighted by molar-refractivity contribution is 6.33. The van der Waals surface area contributed by atoms with Crippen LogP contribution < -0.4 is 4.90 Å². The summed E-state index contributed by atoms with van der Waals surface area (Å²) in [5, 5.41) is 1.12. The molecule has 2 aliphatic heterocycles. The van der Waals surface area contributed by atoms with Crippen LogP contribution in [0.2, 0.25) is 10.0 Å². The minimum atomic E-state index is -1.47. The minimum Gasteiger partial charge on any atom is -0.352 e. The summed E-state index contributed by atoms with van der Waals surface area (Å²) < 4.78 is 0. The van der Waals surface area contributed by atoms with Gasteiger partial charge in [-0.05, 0) is 48.4 Å². The van der Waals surface area contributed by atoms with Gasteiger partial charge in [-0.3, -0.25) is 14.4 Å². The second kappa shape index (κ2) is 7.39. The molecule has 1 saturated heterocycles. The van der Waals surface area contributed by atoms with Gasteiger partial charge < -0.3 is 4.90 Å². The molecule has 3 aromatic rings. The number of anilines is 1. The molecule has 2 heterocycles. The smallest absolute Gasteiger partial charge is 0.180 e. The van der Waals surface area contributed by atoms with E-state index in [1.807, 2.05) is 41.3 Å². The van der Waals surface area contributed by atoms with Gasteiger partial charge in [0.1, 0.15) is 5.41 Å². The van der Waals surface area contributed by atoms with E-state index in [1.165, 1.54) is 6.92 Å². The Morgan fingerprint density at radius 2 is 1.50 bits per heavy atom. The molecule has 0 aromatic heterocycles. The van der Waals surface area contributed by atoms with Crippen LogP contribution in [0.25, 0.3) is 6.08 Å². The van der Waals surface area contributed by atoms with E-state index in [1.54, 1.807) is 42.5 Å². The van der Waals surface area contributed by atoms with Crippen LogP contribution in [-0.4, -0.2) is 29.4 Å². The van der Waals surface area contributed by atoms with Gasteiger partial charge in [0.05, 0.1) is 12.1 Å². The van der Waals surface area contributed by atoms with Crippen molar-refractivity contribution in [3.05, 3.63) is 105 Å². The number of carbonyl (C=O) groups excluding carboxylic acids is 3. The van der Waals surface area contributed by atoms with E-state index in [-0.39, 0.29) is 17.3 Å². The van der Waals surface area contributed by atoms with E-state index >= 15 is 0 Å². The second-order valence-electron chi connectivity index (χ2n) is 9.07. The Labute approximate surface area is 206 Å². The zero-order valence-electron chi connectivity index (χ0n) is 18.2. The van der Waals surface area contributed by atoms with Crippen molar-refractivity contribution in [3.63, 3.8) is 0 Å². The van der Waals surface area contributed by atoms with Crippen LogP contribution in [-0.2, 0) is 4.79 Å². The molecule has 0 radical (unpaired) electrons. The molecule has 3 aliphatic rings. The standard InChI is InChI=1S/C28H19Cl2NO3/c1-15(32)25-24(16-6-9-18(29)10-7-16)28(26(33)20-4-2-3-5-21(20)27(28)34)23-13-8-17-14-19(30)11-12-22(17)31(23)25/h2-14,23-25H,1H3/t23-,24+,25+/m0/s1. The lowest BCUT2D eigenvalue weighted by Gasteiger charge is -2.37. The Morgan fingerprint density at radius 1 is 0.882 bits per heavy atom. The number of fused-ring (bicyclic) bond motifs is 5. The summed E-state index contributed by atoms with van der Waals surface area (Å²) in [5.74, 6) is -1.29. The van der Waals surface area contributed by atoms with Gasteiger partial charge in [-0.25, -0.2) is 0 Å². The lowest BCUT2D eigenvalue weighted by molar-refractivity contribution is -0.118. The van der Waals surface area contributed by atoms with Crippen molar-refractivity contribution < 1.29 is 14.4 Å². The maximum atomic E-state index is 14.2. The molecule has 4 nitrogen and oxygen atoms in total. The molecule has 0 amide bonds. The Balaban J connectivity index is 1.68. The van der Waals surface area contributed by atoms with Gasteiger partial charge in [0.2, 0.25) is 0 Å². The summed E-state index contributed by atoms with van der Waals surface area (Å²) in [4.78, 5) is 43.7. The fourth-order valence-corrected chi connectivity index (χ4v) is 6.45. The van der Waals surface area contributed by atoms with Crippen LogP contribution >= 0.6 is 23.2 Å². The molecule has 0 saturated carbocycles. The summed E-state index contributed by atoms with van der Waals surface area (Å²) in [6, 6.07) is 18.2. The predicted octanol–water partition coefficient (Wildman–Crippen LogP) is 6.02. The molecule has 34 heavy (non-hydrogen) atoms. The Bertz CT molecular complexity index is 1390. The van der Waals surface area contributed by atoms with Gasteiger partial charge >= 0.3 is 0 Å². The zero-order chi connectivity index (χ0) is 23.8. The molecule has 0 bridgehead atoms. The summed E-state index contributed by atoms with van der Waals surface area (Å²) in [5.41, 5.74) is 1.71. The maximum absolute atomic E-state index is 14.2. The van der Waals surface area contributed by atoms with Gasteiger partial charge in [0.15, 0.2) is 17.3 Å². The van der Waals surface area contributed by atoms with Gasteiger partial charge in [-0.2, -0.15) is 0 Å². The lowest BCUT2D eigenvalue weighted by atomic mass is 9.64. The van der Waals surface area contributed by atoms with Crippen LogP contribution in [0, 0.1) is 5.41 Å². The third-order valence-corrected chi connectivity index (χ3v) is 7.90. The van der Waals surface area contributed by atoms with E-state index in [2.05, 4.69) is 0 Å². The molecule has 1 fully saturated rings. The number of nitrogens with zero attached hydrogens (tertiary/aromatic N) is 1. The monoisotopic (exact) mass is 487 g/mol. The number of benzene rings is 3. The van der Waals surface area contributed by atoms with E-state index < -0.39 is 23.4 Å². The number of rotatable bonds is 2. The summed E-state index contributed by atoms with van der Waals surface area (Å²) >= 11 is 12.4. The highest BCUT2D eigenvalue weighted by Crippen LogP contribution is 2.60. The number of carbonyl (C=O) groups is 3. The van der Waals surface area contributed by atoms with Crippen molar-refractivity contribution >= 4 is 52.3 Å². The maximum Gasteiger partial charge on any atom is 0.180 e. The first-order valence-electron chi connectivity index (χ1n) is 11.1. The van der Waals surface area contributed by atoms with Crippen LogP contribution in [0.4, 0.5) is 5.69 Å². The first kappa shape index (κ1) is 21.3. The minimum absolute atomic E-state index is 0.116. The summed E-state index contributed by atoms with van der Waals surface area (Å²) in [7, 11) is 0. The molecular weight excluding hydrogens is 469 g/mol. The molecule has 1 aliphatic carbocycles. The topological polar surface area (TPSA) is 54.5 Å². The molecule has 168 valence electrons. The molecule has 0 unspecified atom stereocenters. The fourth-order valence-electron chi connectivity index (χ4n) is 6.14. The molecule has 3 aromatic carbocycles. The molecule has 3 atom stereocenters. The predicted molar refractivity (Wildman–Crippen MR) is 133 cm³/mol. The third kappa shape index (κ3) is 2.64. The molecule has 0 N–H and O–H groups in total. The quantitative estimate of drug-likeness (QED) is 0.415. The molecular formula is C28H19Cl2NO3. The van der Waals surface area contributed by atoms with Crippen molar-refractivity contribution in [2.45, 2.75) is 24.9 Å². The van der Waals surface area contributed by atoms with Crippen LogP contribution in [0.1, 0.15) is 44.7 Å². The number of halogens is 2. The summed E-state index contributed by atoms with van der Waals surface area (Å²) in [6.07, 6.45) is 3.78. The first-order chi connectivity index (χ1) is 16.4. The average molecular weight is 488 g/mol. The fraction of sp³-hybridized carbons (Fsp3) is 0.179. The van der Waals surface area contributed by atoms with Crippen LogP contribution in [0.5, 0.6) is 0 Å². The lowest BCUT2D eigenvalue weighted by Crippen LogP contribution is -2.48. The van der Waals surface area contributed by atoms with Crippen molar-refractivity contribution in [3.8, 4) is 0 Å². The van der Waals surface area contributed by atoms with Gasteiger partial charge in [-0.1, -0.05) is 71.8 Å². The van der Waals surface area contributed by atoms with E-state index in [4.69, 9.17) is 23.2 Å². The van der Waals surface area contributed by atoms with E-state index in [0.29, 0.717) is 21.2 Å². The van der Waals surface area contributed by atoms with Crippen molar-refractivity contribution in [1.29, 1.82) is 0 Å². The van der Waals surface area contributed by atoms with Crippen molar-refractivity contribution in [2.24, 2.45) is 5.41 Å². The Kier molecular flexibility index (Phi) is 4.64.